The summed E-state index contributed by atoms with van der Waals surface area (Å²) in [5.41, 5.74) is 3.25. The first-order valence-electron chi connectivity index (χ1n) is 7.20. The monoisotopic (exact) mass is 477 g/mol. The number of nitrogens with zero attached hydrogens (tertiary/aromatic N) is 2. The third kappa shape index (κ3) is 4.82. The van der Waals surface area contributed by atoms with Gasteiger partial charge in [-0.15, -0.1) is 0 Å². The molecule has 0 unspecified atom stereocenters. The first-order valence-corrected chi connectivity index (χ1v) is 7.20. The van der Waals surface area contributed by atoms with Gasteiger partial charge in [0.05, 0.1) is 11.2 Å². The van der Waals surface area contributed by atoms with Gasteiger partial charge in [-0.25, -0.2) is 0 Å². The Kier molecular flexibility index (Phi) is 6.61. The maximum atomic E-state index is 4.25. The summed E-state index contributed by atoms with van der Waals surface area (Å²) in [5, 5.41) is 1.20. The molecule has 0 aliphatic carbocycles. The number of fused-ring (bicyclic) bond motifs is 1. The summed E-state index contributed by atoms with van der Waals surface area (Å²) < 4.78 is 0. The largest absolute Gasteiger partial charge is 0.256 e. The van der Waals surface area contributed by atoms with E-state index in [0.717, 1.165) is 16.8 Å². The molecular weight excluding hydrogens is 460 g/mol. The molecule has 2 nitrogen and oxygen atoms in total. The zero-order valence-electron chi connectivity index (χ0n) is 12.5. The average molecular weight is 477 g/mol. The Morgan fingerprint density at radius 1 is 0.522 bits per heavy atom. The van der Waals surface area contributed by atoms with Crippen LogP contribution in [0.2, 0.25) is 0 Å². The summed E-state index contributed by atoms with van der Waals surface area (Å²) in [4.78, 5) is 8.43. The molecule has 2 aromatic carbocycles. The van der Waals surface area contributed by atoms with Crippen LogP contribution in [0, 0.1) is 0 Å². The van der Waals surface area contributed by atoms with Gasteiger partial charge < -0.3 is 0 Å². The zero-order chi connectivity index (χ0) is 15.0. The maximum absolute atomic E-state index is 4.25. The van der Waals surface area contributed by atoms with Gasteiger partial charge in [0.1, 0.15) is 0 Å². The summed E-state index contributed by atoms with van der Waals surface area (Å²) >= 11 is 0. The van der Waals surface area contributed by atoms with Crippen LogP contribution in [0.4, 0.5) is 0 Å². The first-order chi connectivity index (χ1) is 10.9. The quantitative estimate of drug-likeness (QED) is 0.387. The maximum Gasteiger partial charge on any atom is 0.0701 e. The summed E-state index contributed by atoms with van der Waals surface area (Å²) in [6.07, 6.45) is 3.62. The Hall–Kier alpha value is -2.35. The van der Waals surface area contributed by atoms with E-state index in [2.05, 4.69) is 34.2 Å². The van der Waals surface area contributed by atoms with E-state index in [1.54, 1.807) is 0 Å². The second kappa shape index (κ2) is 8.94. The molecule has 0 saturated carbocycles. The molecule has 0 N–H and O–H groups in total. The Morgan fingerprint density at radius 3 is 1.91 bits per heavy atom. The van der Waals surface area contributed by atoms with Crippen LogP contribution in [0.3, 0.4) is 0 Å². The van der Waals surface area contributed by atoms with Gasteiger partial charge in [0.15, 0.2) is 0 Å². The Bertz CT molecular complexity index is 730. The van der Waals surface area contributed by atoms with Crippen LogP contribution in [0.1, 0.15) is 0 Å². The molecule has 115 valence electrons. The van der Waals surface area contributed by atoms with Gasteiger partial charge in [0, 0.05) is 43.4 Å². The Balaban J connectivity index is 0.000000162. The van der Waals surface area contributed by atoms with Crippen molar-refractivity contribution < 1.29 is 20.1 Å². The average Bonchev–Trinajstić information content (AvgIpc) is 2.64. The zero-order valence-corrected chi connectivity index (χ0v) is 14.9. The molecule has 3 heteroatoms. The minimum absolute atomic E-state index is 0. The van der Waals surface area contributed by atoms with Crippen molar-refractivity contribution in [3.05, 3.63) is 97.3 Å². The molecule has 0 saturated heterocycles. The van der Waals surface area contributed by atoms with Crippen LogP contribution in [0.25, 0.3) is 22.2 Å². The summed E-state index contributed by atoms with van der Waals surface area (Å²) in [7, 11) is 0. The fourth-order valence-corrected chi connectivity index (χ4v) is 2.16. The number of hydrogen-bond acceptors (Lipinski definition) is 2. The summed E-state index contributed by atoms with van der Waals surface area (Å²) in [5.74, 6) is 0. The fraction of sp³-hybridized carbons (Fsp3) is 0. The van der Waals surface area contributed by atoms with Gasteiger partial charge in [-0.3, -0.25) is 9.97 Å². The second-order valence-corrected chi connectivity index (χ2v) is 4.78. The van der Waals surface area contributed by atoms with Crippen molar-refractivity contribution >= 4 is 10.9 Å². The topological polar surface area (TPSA) is 25.8 Å². The number of aromatic nitrogens is 2. The standard InChI is InChI=1S/C11H9N.C9H7N.Ir/c1-2-6-10(7-3-1)11-8-4-5-9-12-11;1-2-6-9-8(4-1)5-3-7-10-9;/h1-9H;1-7H;. The summed E-state index contributed by atoms with van der Waals surface area (Å²) in [6.45, 7) is 0. The molecule has 2 aromatic heterocycles. The van der Waals surface area contributed by atoms with Gasteiger partial charge in [0.2, 0.25) is 0 Å². The fourth-order valence-electron chi connectivity index (χ4n) is 2.16. The van der Waals surface area contributed by atoms with Crippen molar-refractivity contribution in [1.29, 1.82) is 0 Å². The minimum Gasteiger partial charge on any atom is -0.256 e. The molecule has 0 amide bonds. The molecule has 4 rings (SSSR count). The second-order valence-electron chi connectivity index (χ2n) is 4.78. The van der Waals surface area contributed by atoms with E-state index in [0.29, 0.717) is 0 Å². The van der Waals surface area contributed by atoms with E-state index < -0.39 is 0 Å². The van der Waals surface area contributed by atoms with Crippen molar-refractivity contribution in [2.45, 2.75) is 0 Å². The van der Waals surface area contributed by atoms with Crippen LogP contribution in [-0.4, -0.2) is 9.97 Å². The predicted octanol–water partition coefficient (Wildman–Crippen LogP) is 4.98. The van der Waals surface area contributed by atoms with Crippen LogP contribution in [0.5, 0.6) is 0 Å². The summed E-state index contributed by atoms with van der Waals surface area (Å²) in [6, 6.07) is 28.2. The van der Waals surface area contributed by atoms with Gasteiger partial charge in [-0.05, 0) is 24.3 Å². The van der Waals surface area contributed by atoms with Crippen molar-refractivity contribution in [3.63, 3.8) is 0 Å². The SMILES string of the molecule is [Ir].c1ccc(-c2ccccn2)cc1.c1ccc2ncccc2c1. The van der Waals surface area contributed by atoms with E-state index >= 15 is 0 Å². The van der Waals surface area contributed by atoms with Crippen molar-refractivity contribution in [3.8, 4) is 11.3 Å². The van der Waals surface area contributed by atoms with Gasteiger partial charge in [-0.1, -0.05) is 60.7 Å². The van der Waals surface area contributed by atoms with E-state index in [1.165, 1.54) is 5.39 Å². The molecule has 0 aliphatic rings. The third-order valence-electron chi connectivity index (χ3n) is 3.25. The first kappa shape index (κ1) is 17.0. The van der Waals surface area contributed by atoms with E-state index in [4.69, 9.17) is 0 Å². The van der Waals surface area contributed by atoms with E-state index in [-0.39, 0.29) is 20.1 Å². The molecule has 0 spiro atoms. The third-order valence-corrected chi connectivity index (χ3v) is 3.25. The number of benzene rings is 2. The van der Waals surface area contributed by atoms with Crippen molar-refractivity contribution in [2.24, 2.45) is 0 Å². The van der Waals surface area contributed by atoms with Crippen LogP contribution >= 0.6 is 0 Å². The Morgan fingerprint density at radius 2 is 1.17 bits per heavy atom. The van der Waals surface area contributed by atoms with Crippen LogP contribution < -0.4 is 0 Å². The molecular formula is C20H16IrN2. The molecule has 0 atom stereocenters. The molecule has 4 aromatic rings. The number of hydrogen-bond donors (Lipinski definition) is 0. The van der Waals surface area contributed by atoms with Crippen LogP contribution in [-0.2, 0) is 20.1 Å². The van der Waals surface area contributed by atoms with Crippen molar-refractivity contribution in [2.75, 3.05) is 0 Å². The molecule has 23 heavy (non-hydrogen) atoms. The van der Waals surface area contributed by atoms with E-state index in [9.17, 15) is 0 Å². The molecule has 0 bridgehead atoms. The smallest absolute Gasteiger partial charge is 0.0701 e. The minimum atomic E-state index is 0. The molecule has 1 radical (unpaired) electrons. The molecule has 0 aliphatic heterocycles. The van der Waals surface area contributed by atoms with Gasteiger partial charge in [0.25, 0.3) is 0 Å². The van der Waals surface area contributed by atoms with Crippen molar-refractivity contribution in [1.82, 2.24) is 9.97 Å². The van der Waals surface area contributed by atoms with E-state index in [1.807, 2.05) is 73.1 Å². The van der Waals surface area contributed by atoms with Crippen LogP contribution in [0.15, 0.2) is 97.3 Å². The molecule has 2 heterocycles. The number of pyridine rings is 2. The number of rotatable bonds is 1. The van der Waals surface area contributed by atoms with Gasteiger partial charge >= 0.3 is 0 Å². The Labute approximate surface area is 149 Å². The normalized spacial score (nSPS) is 9.39. The predicted molar refractivity (Wildman–Crippen MR) is 91.4 cm³/mol. The number of para-hydroxylation sites is 1. The van der Waals surface area contributed by atoms with Gasteiger partial charge in [-0.2, -0.15) is 0 Å². The molecule has 0 fully saturated rings.